The van der Waals surface area contributed by atoms with E-state index in [-0.39, 0.29) is 18.7 Å². The number of aliphatic hydroxyl groups excluding tert-OH is 1. The van der Waals surface area contributed by atoms with Crippen LogP contribution in [0, 0.1) is 12.8 Å². The van der Waals surface area contributed by atoms with E-state index in [4.69, 9.17) is 0 Å². The van der Waals surface area contributed by atoms with Crippen LogP contribution in [0.2, 0.25) is 0 Å². The minimum atomic E-state index is 0.162. The zero-order chi connectivity index (χ0) is 12.1. The summed E-state index contributed by atoms with van der Waals surface area (Å²) in [6.07, 6.45) is 0. The van der Waals surface area contributed by atoms with Crippen LogP contribution in [0.25, 0.3) is 0 Å². The molecule has 0 radical (unpaired) electrons. The lowest BCUT2D eigenvalue weighted by Gasteiger charge is -2.25. The van der Waals surface area contributed by atoms with Crippen LogP contribution in [-0.4, -0.2) is 17.8 Å². The van der Waals surface area contributed by atoms with Crippen LogP contribution in [0.15, 0.2) is 24.3 Å². The van der Waals surface area contributed by atoms with Gasteiger partial charge in [0.1, 0.15) is 0 Å². The number of aliphatic hydroxyl groups is 1. The highest BCUT2D eigenvalue weighted by atomic mass is 16.3. The summed E-state index contributed by atoms with van der Waals surface area (Å²) in [5, 5.41) is 12.8. The van der Waals surface area contributed by atoms with Gasteiger partial charge in [-0.05, 0) is 30.9 Å². The lowest BCUT2D eigenvalue weighted by Crippen LogP contribution is -2.38. The van der Waals surface area contributed by atoms with Crippen molar-refractivity contribution in [3.05, 3.63) is 35.4 Å². The van der Waals surface area contributed by atoms with Crippen molar-refractivity contribution in [2.75, 3.05) is 6.61 Å². The maximum Gasteiger partial charge on any atom is 0.0587 e. The molecular weight excluding hydrogens is 198 g/mol. The molecule has 0 saturated heterocycles. The molecule has 90 valence electrons. The molecule has 0 aliphatic rings. The Balaban J connectivity index is 2.72. The lowest BCUT2D eigenvalue weighted by molar-refractivity contribution is 0.201. The SMILES string of the molecule is Cc1ccccc1C(C)NC(CO)C(C)C. The zero-order valence-electron chi connectivity index (χ0n) is 10.7. The van der Waals surface area contributed by atoms with Crippen molar-refractivity contribution in [1.29, 1.82) is 0 Å². The van der Waals surface area contributed by atoms with E-state index in [1.54, 1.807) is 0 Å². The summed E-state index contributed by atoms with van der Waals surface area (Å²) in [7, 11) is 0. The predicted molar refractivity (Wildman–Crippen MR) is 68.4 cm³/mol. The summed E-state index contributed by atoms with van der Waals surface area (Å²) in [5.74, 6) is 0.441. The second-order valence-electron chi connectivity index (χ2n) is 4.78. The summed E-state index contributed by atoms with van der Waals surface area (Å²) in [5.41, 5.74) is 2.60. The maximum atomic E-state index is 9.30. The lowest BCUT2D eigenvalue weighted by atomic mass is 9.99. The van der Waals surface area contributed by atoms with Gasteiger partial charge < -0.3 is 10.4 Å². The van der Waals surface area contributed by atoms with Crippen LogP contribution in [0.1, 0.15) is 37.9 Å². The van der Waals surface area contributed by atoms with Crippen molar-refractivity contribution in [2.24, 2.45) is 5.92 Å². The minimum absolute atomic E-state index is 0.162. The summed E-state index contributed by atoms with van der Waals surface area (Å²) < 4.78 is 0. The normalized spacial score (nSPS) is 15.1. The average molecular weight is 221 g/mol. The Bertz CT molecular complexity index is 322. The zero-order valence-corrected chi connectivity index (χ0v) is 10.7. The molecule has 2 nitrogen and oxygen atoms in total. The third kappa shape index (κ3) is 3.32. The monoisotopic (exact) mass is 221 g/mol. The molecule has 0 heterocycles. The van der Waals surface area contributed by atoms with Crippen LogP contribution in [0.3, 0.4) is 0 Å². The minimum Gasteiger partial charge on any atom is -0.395 e. The second-order valence-corrected chi connectivity index (χ2v) is 4.78. The Morgan fingerprint density at radius 2 is 1.81 bits per heavy atom. The molecule has 1 rings (SSSR count). The first-order valence-corrected chi connectivity index (χ1v) is 5.98. The topological polar surface area (TPSA) is 32.3 Å². The third-order valence-electron chi connectivity index (χ3n) is 3.12. The van der Waals surface area contributed by atoms with E-state index in [1.807, 2.05) is 0 Å². The van der Waals surface area contributed by atoms with Crippen molar-refractivity contribution in [3.8, 4) is 0 Å². The van der Waals surface area contributed by atoms with Gasteiger partial charge >= 0.3 is 0 Å². The molecule has 0 bridgehead atoms. The fraction of sp³-hybridized carbons (Fsp3) is 0.571. The molecule has 0 aromatic heterocycles. The first kappa shape index (κ1) is 13.2. The Morgan fingerprint density at radius 1 is 1.19 bits per heavy atom. The molecule has 2 atom stereocenters. The molecule has 0 saturated carbocycles. The summed E-state index contributed by atoms with van der Waals surface area (Å²) in [4.78, 5) is 0. The molecule has 2 N–H and O–H groups in total. The third-order valence-corrected chi connectivity index (χ3v) is 3.12. The highest BCUT2D eigenvalue weighted by Crippen LogP contribution is 2.18. The molecule has 0 amide bonds. The van der Waals surface area contributed by atoms with Gasteiger partial charge in [-0.1, -0.05) is 38.1 Å². The molecule has 2 heteroatoms. The quantitative estimate of drug-likeness (QED) is 0.801. The number of rotatable bonds is 5. The molecule has 0 fully saturated rings. The van der Waals surface area contributed by atoms with Gasteiger partial charge in [-0.2, -0.15) is 0 Å². The van der Waals surface area contributed by atoms with Crippen LogP contribution in [-0.2, 0) is 0 Å². The first-order chi connectivity index (χ1) is 7.56. The molecule has 0 aliphatic carbocycles. The Morgan fingerprint density at radius 3 is 2.31 bits per heavy atom. The van der Waals surface area contributed by atoms with Gasteiger partial charge in [-0.15, -0.1) is 0 Å². The van der Waals surface area contributed by atoms with Gasteiger partial charge in [-0.25, -0.2) is 0 Å². The van der Waals surface area contributed by atoms with E-state index in [1.165, 1.54) is 11.1 Å². The highest BCUT2D eigenvalue weighted by molar-refractivity contribution is 5.28. The Kier molecular flexibility index (Phi) is 4.97. The average Bonchev–Trinajstić information content (AvgIpc) is 2.25. The number of nitrogens with one attached hydrogen (secondary N) is 1. The van der Waals surface area contributed by atoms with Gasteiger partial charge in [0.2, 0.25) is 0 Å². The van der Waals surface area contributed by atoms with E-state index in [0.29, 0.717) is 5.92 Å². The first-order valence-electron chi connectivity index (χ1n) is 5.98. The number of benzene rings is 1. The van der Waals surface area contributed by atoms with Crippen LogP contribution >= 0.6 is 0 Å². The molecule has 0 spiro atoms. The van der Waals surface area contributed by atoms with E-state index in [2.05, 4.69) is 57.3 Å². The van der Waals surface area contributed by atoms with Gasteiger partial charge in [0.15, 0.2) is 0 Å². The van der Waals surface area contributed by atoms with Crippen molar-refractivity contribution < 1.29 is 5.11 Å². The van der Waals surface area contributed by atoms with E-state index < -0.39 is 0 Å². The number of hydrogen-bond acceptors (Lipinski definition) is 2. The maximum absolute atomic E-state index is 9.30. The largest absolute Gasteiger partial charge is 0.395 e. The predicted octanol–water partition coefficient (Wildman–Crippen LogP) is 2.66. The van der Waals surface area contributed by atoms with Crippen LogP contribution < -0.4 is 5.32 Å². The van der Waals surface area contributed by atoms with Gasteiger partial charge in [0, 0.05) is 12.1 Å². The van der Waals surface area contributed by atoms with E-state index >= 15 is 0 Å². The van der Waals surface area contributed by atoms with Gasteiger partial charge in [0.25, 0.3) is 0 Å². The van der Waals surface area contributed by atoms with E-state index in [0.717, 1.165) is 0 Å². The van der Waals surface area contributed by atoms with E-state index in [9.17, 15) is 5.11 Å². The highest BCUT2D eigenvalue weighted by Gasteiger charge is 2.16. The molecule has 2 unspecified atom stereocenters. The second kappa shape index (κ2) is 6.02. The van der Waals surface area contributed by atoms with Crippen molar-refractivity contribution in [3.63, 3.8) is 0 Å². The van der Waals surface area contributed by atoms with Crippen LogP contribution in [0.5, 0.6) is 0 Å². The fourth-order valence-electron chi connectivity index (χ4n) is 1.94. The van der Waals surface area contributed by atoms with Gasteiger partial charge in [-0.3, -0.25) is 0 Å². The smallest absolute Gasteiger partial charge is 0.0587 e. The van der Waals surface area contributed by atoms with Crippen LogP contribution in [0.4, 0.5) is 0 Å². The van der Waals surface area contributed by atoms with Crippen molar-refractivity contribution in [2.45, 2.75) is 39.8 Å². The summed E-state index contributed by atoms with van der Waals surface area (Å²) in [6.45, 7) is 8.70. The number of aryl methyl sites for hydroxylation is 1. The molecule has 1 aromatic rings. The summed E-state index contributed by atoms with van der Waals surface area (Å²) >= 11 is 0. The Labute approximate surface area is 98.7 Å². The molecule has 16 heavy (non-hydrogen) atoms. The number of hydrogen-bond donors (Lipinski definition) is 2. The van der Waals surface area contributed by atoms with Crippen molar-refractivity contribution in [1.82, 2.24) is 5.32 Å². The Hall–Kier alpha value is -0.860. The molecule has 1 aromatic carbocycles. The van der Waals surface area contributed by atoms with Crippen molar-refractivity contribution >= 4 is 0 Å². The summed E-state index contributed by atoms with van der Waals surface area (Å²) in [6, 6.07) is 8.82. The molecular formula is C14H23NO. The fourth-order valence-corrected chi connectivity index (χ4v) is 1.94. The molecule has 0 aliphatic heterocycles. The standard InChI is InChI=1S/C14H23NO/c1-10(2)14(9-16)15-12(4)13-8-6-5-7-11(13)3/h5-8,10,12,14-16H,9H2,1-4H3. The van der Waals surface area contributed by atoms with Gasteiger partial charge in [0.05, 0.1) is 6.61 Å².